The Morgan fingerprint density at radius 3 is 2.48 bits per heavy atom. The van der Waals surface area contributed by atoms with Gasteiger partial charge in [0.2, 0.25) is 5.91 Å². The molecule has 1 saturated heterocycles. The van der Waals surface area contributed by atoms with E-state index in [-0.39, 0.29) is 11.8 Å². The molecule has 1 aromatic heterocycles. The van der Waals surface area contributed by atoms with E-state index in [9.17, 15) is 9.59 Å². The summed E-state index contributed by atoms with van der Waals surface area (Å²) in [6, 6.07) is 14.0. The third-order valence-electron chi connectivity index (χ3n) is 8.11. The second kappa shape index (κ2) is 14.9. The lowest BCUT2D eigenvalue weighted by molar-refractivity contribution is -0.111. The van der Waals surface area contributed by atoms with Crippen molar-refractivity contribution in [1.29, 1.82) is 0 Å². The number of anilines is 3. The second-order valence-electron chi connectivity index (χ2n) is 12.0. The molecule has 1 aliphatic heterocycles. The number of carbonyl (C=O) groups excluding carboxylic acids is 2. The number of aryl methyl sites for hydroxylation is 2. The number of benzene rings is 2. The number of carbonyl (C=O) groups is 2. The molecule has 0 saturated carbocycles. The molecule has 0 bridgehead atoms. The molecule has 0 radical (unpaired) electrons. The molecule has 0 aliphatic carbocycles. The van der Waals surface area contributed by atoms with Crippen LogP contribution < -0.4 is 25.0 Å². The fourth-order valence-electron chi connectivity index (χ4n) is 5.23. The van der Waals surface area contributed by atoms with Gasteiger partial charge < -0.3 is 25.0 Å². The summed E-state index contributed by atoms with van der Waals surface area (Å²) in [4.78, 5) is 30.3. The lowest BCUT2D eigenvalue weighted by Crippen LogP contribution is -2.55. The molecular formula is C34H46N6O4. The molecule has 10 nitrogen and oxygen atoms in total. The van der Waals surface area contributed by atoms with Crippen LogP contribution in [0.4, 0.5) is 17.2 Å². The molecule has 3 N–H and O–H groups in total. The number of H-pyrrole nitrogens is 1. The van der Waals surface area contributed by atoms with E-state index < -0.39 is 0 Å². The van der Waals surface area contributed by atoms with Gasteiger partial charge in [0.15, 0.2) is 5.82 Å². The fraction of sp³-hybridized carbons (Fsp3) is 0.441. The zero-order valence-electron chi connectivity index (χ0n) is 26.8. The van der Waals surface area contributed by atoms with Gasteiger partial charge in [-0.15, -0.1) is 0 Å². The largest absolute Gasteiger partial charge is 0.497 e. The maximum atomic E-state index is 13.4. The van der Waals surface area contributed by atoms with E-state index in [0.29, 0.717) is 48.1 Å². The molecule has 0 spiro atoms. The van der Waals surface area contributed by atoms with Crippen LogP contribution in [0, 0.1) is 5.92 Å². The van der Waals surface area contributed by atoms with Crippen molar-refractivity contribution in [3.63, 3.8) is 0 Å². The molecule has 236 valence electrons. The summed E-state index contributed by atoms with van der Waals surface area (Å²) < 4.78 is 11.4. The normalized spacial score (nSPS) is 16.9. The highest BCUT2D eigenvalue weighted by Crippen LogP contribution is 2.28. The van der Waals surface area contributed by atoms with Gasteiger partial charge in [-0.3, -0.25) is 19.6 Å². The number of piperazine rings is 1. The molecule has 1 fully saturated rings. The van der Waals surface area contributed by atoms with Gasteiger partial charge in [0.1, 0.15) is 11.5 Å². The Balaban J connectivity index is 1.43. The number of aromatic nitrogens is 2. The van der Waals surface area contributed by atoms with E-state index in [0.717, 1.165) is 54.4 Å². The van der Waals surface area contributed by atoms with Crippen LogP contribution in [-0.2, 0) is 17.6 Å². The van der Waals surface area contributed by atoms with Crippen molar-refractivity contribution in [2.75, 3.05) is 49.4 Å². The lowest BCUT2D eigenvalue weighted by atomic mass is 10.1. The molecule has 2 aromatic carbocycles. The monoisotopic (exact) mass is 602 g/mol. The van der Waals surface area contributed by atoms with Gasteiger partial charge in [-0.2, -0.15) is 5.10 Å². The van der Waals surface area contributed by atoms with Crippen LogP contribution in [0.15, 0.2) is 55.1 Å². The third-order valence-corrected chi connectivity index (χ3v) is 8.11. The van der Waals surface area contributed by atoms with Crippen molar-refractivity contribution in [2.24, 2.45) is 5.92 Å². The average molecular weight is 603 g/mol. The number of hydrogen-bond acceptors (Lipinski definition) is 7. The minimum atomic E-state index is -0.385. The topological polar surface area (TPSA) is 112 Å². The number of rotatable bonds is 13. The SMILES string of the molecule is C=CC(=O)Nc1cc(N2CC(C)N(C)C(C)C2)ccc1C(=O)Nc1cc(CCc2cc(OC)cc(OCCC(C)C)c2)[nH]n1. The highest BCUT2D eigenvalue weighted by Gasteiger charge is 2.27. The number of ether oxygens (including phenoxy) is 2. The van der Waals surface area contributed by atoms with Crippen LogP contribution in [0.2, 0.25) is 0 Å². The van der Waals surface area contributed by atoms with Crippen LogP contribution in [0.5, 0.6) is 11.5 Å². The first-order chi connectivity index (χ1) is 21.1. The lowest BCUT2D eigenvalue weighted by Gasteiger charge is -2.43. The van der Waals surface area contributed by atoms with E-state index in [4.69, 9.17) is 9.47 Å². The van der Waals surface area contributed by atoms with E-state index in [1.54, 1.807) is 13.2 Å². The summed E-state index contributed by atoms with van der Waals surface area (Å²) in [5.74, 6) is 1.76. The first-order valence-electron chi connectivity index (χ1n) is 15.3. The van der Waals surface area contributed by atoms with E-state index in [1.807, 2.05) is 36.4 Å². The Hall–Kier alpha value is -4.31. The van der Waals surface area contributed by atoms with Crippen LogP contribution >= 0.6 is 0 Å². The van der Waals surface area contributed by atoms with Gasteiger partial charge in [0, 0.05) is 48.7 Å². The first-order valence-corrected chi connectivity index (χ1v) is 15.3. The standard InChI is InChI=1S/C34H46N6O4/c1-8-33(41)35-31-18-27(40-20-23(4)39(6)24(5)21-40)11-12-30(31)34(42)36-32-17-26(37-38-32)10-9-25-15-28(43-7)19-29(16-25)44-14-13-22(2)3/h8,11-12,15-19,22-24H,1,9-10,13-14,20-21H2,2-7H3,(H,35,41)(H2,36,37,38,42). The summed E-state index contributed by atoms with van der Waals surface area (Å²) in [5, 5.41) is 13.0. The van der Waals surface area contributed by atoms with Crippen molar-refractivity contribution >= 4 is 29.0 Å². The van der Waals surface area contributed by atoms with Gasteiger partial charge in [0.05, 0.1) is 25.0 Å². The average Bonchev–Trinajstić information content (AvgIpc) is 3.45. The number of nitrogens with zero attached hydrogens (tertiary/aromatic N) is 3. The number of hydrogen-bond donors (Lipinski definition) is 3. The summed E-state index contributed by atoms with van der Waals surface area (Å²) in [6.07, 6.45) is 3.59. The highest BCUT2D eigenvalue weighted by molar-refractivity contribution is 6.11. The Kier molecular flexibility index (Phi) is 11.1. The van der Waals surface area contributed by atoms with Gasteiger partial charge >= 0.3 is 0 Å². The summed E-state index contributed by atoms with van der Waals surface area (Å²) in [5.41, 5.74) is 3.66. The molecule has 2 amide bonds. The van der Waals surface area contributed by atoms with Crippen LogP contribution in [-0.4, -0.2) is 72.8 Å². The van der Waals surface area contributed by atoms with E-state index in [1.165, 1.54) is 6.08 Å². The Morgan fingerprint density at radius 1 is 1.07 bits per heavy atom. The van der Waals surface area contributed by atoms with Gasteiger partial charge in [-0.05, 0) is 88.0 Å². The molecule has 2 heterocycles. The van der Waals surface area contributed by atoms with E-state index >= 15 is 0 Å². The molecule has 1 aliphatic rings. The Morgan fingerprint density at radius 2 is 1.80 bits per heavy atom. The fourth-order valence-corrected chi connectivity index (χ4v) is 5.23. The number of aromatic amines is 1. The Bertz CT molecular complexity index is 1440. The van der Waals surface area contributed by atoms with Gasteiger partial charge in [0.25, 0.3) is 5.91 Å². The van der Waals surface area contributed by atoms with Crippen molar-refractivity contribution in [2.45, 2.75) is 59.0 Å². The number of nitrogens with one attached hydrogen (secondary N) is 3. The number of likely N-dealkylation sites (N-methyl/N-ethyl adjacent to an activating group) is 1. The molecule has 4 rings (SSSR count). The number of methoxy groups -OCH3 is 1. The van der Waals surface area contributed by atoms with Crippen LogP contribution in [0.3, 0.4) is 0 Å². The van der Waals surface area contributed by atoms with E-state index in [2.05, 4.69) is 72.0 Å². The first kappa shape index (κ1) is 32.6. The predicted octanol–water partition coefficient (Wildman–Crippen LogP) is 5.53. The molecule has 2 unspecified atom stereocenters. The zero-order valence-corrected chi connectivity index (χ0v) is 26.8. The number of amides is 2. The maximum absolute atomic E-state index is 13.4. The maximum Gasteiger partial charge on any atom is 0.258 e. The Labute approximate surface area is 260 Å². The molecule has 10 heteroatoms. The van der Waals surface area contributed by atoms with Crippen LogP contribution in [0.1, 0.15) is 55.7 Å². The van der Waals surface area contributed by atoms with Crippen molar-refractivity contribution in [1.82, 2.24) is 15.1 Å². The third kappa shape index (κ3) is 8.63. The minimum absolute atomic E-state index is 0.338. The summed E-state index contributed by atoms with van der Waals surface area (Å²) in [7, 11) is 3.78. The van der Waals surface area contributed by atoms with Crippen molar-refractivity contribution in [3.8, 4) is 11.5 Å². The van der Waals surface area contributed by atoms with Crippen LogP contribution in [0.25, 0.3) is 0 Å². The smallest absolute Gasteiger partial charge is 0.258 e. The predicted molar refractivity (Wildman–Crippen MR) is 176 cm³/mol. The summed E-state index contributed by atoms with van der Waals surface area (Å²) in [6.45, 7) is 14.6. The minimum Gasteiger partial charge on any atom is -0.497 e. The van der Waals surface area contributed by atoms with Crippen molar-refractivity contribution in [3.05, 3.63) is 71.9 Å². The molecule has 2 atom stereocenters. The zero-order chi connectivity index (χ0) is 31.8. The van der Waals surface area contributed by atoms with Gasteiger partial charge in [-0.25, -0.2) is 0 Å². The molecule has 44 heavy (non-hydrogen) atoms. The van der Waals surface area contributed by atoms with Gasteiger partial charge in [-0.1, -0.05) is 20.4 Å². The highest BCUT2D eigenvalue weighted by atomic mass is 16.5. The second-order valence-corrected chi connectivity index (χ2v) is 12.0. The molecule has 3 aromatic rings. The summed E-state index contributed by atoms with van der Waals surface area (Å²) >= 11 is 0. The molecular weight excluding hydrogens is 556 g/mol. The quantitative estimate of drug-likeness (QED) is 0.221. The van der Waals surface area contributed by atoms with Crippen molar-refractivity contribution < 1.29 is 19.1 Å².